The standard InChI is InChI=1S/C28H33N5O6/c34-20-22(17-21-7-2-1-3-8-21)31-26(37)19-30-25(36)18-29-24(35)10-6-15-32-14-5-4-9-23(32)13-16-33-27(38)11-12-28(33)39/h1-5,7-9,14,20,22H,6,10-13,15-19H2,(H2-,29,30,31,35,36,37)/p+1. The van der Waals surface area contributed by atoms with Crippen LogP contribution in [0.25, 0.3) is 0 Å². The van der Waals surface area contributed by atoms with Crippen LogP contribution in [0, 0.1) is 0 Å². The Bertz CT molecular complexity index is 1170. The van der Waals surface area contributed by atoms with Crippen molar-refractivity contribution in [2.24, 2.45) is 0 Å². The Kier molecular flexibility index (Phi) is 11.3. The average Bonchev–Trinajstić information content (AvgIpc) is 3.26. The molecule has 0 saturated carbocycles. The number of rotatable bonds is 15. The van der Waals surface area contributed by atoms with Crippen molar-refractivity contribution >= 4 is 35.8 Å². The van der Waals surface area contributed by atoms with Crippen molar-refractivity contribution in [1.82, 2.24) is 20.9 Å². The number of carbonyl (C=O) groups is 6. The van der Waals surface area contributed by atoms with Crippen LogP contribution in [0.3, 0.4) is 0 Å². The fourth-order valence-corrected chi connectivity index (χ4v) is 4.23. The van der Waals surface area contributed by atoms with Crippen LogP contribution >= 0.6 is 0 Å². The van der Waals surface area contributed by atoms with E-state index in [1.54, 1.807) is 0 Å². The number of carbonyl (C=O) groups excluding carboxylic acids is 6. The normalized spacial score (nSPS) is 13.6. The van der Waals surface area contributed by atoms with Gasteiger partial charge in [0.2, 0.25) is 29.5 Å². The Labute approximate surface area is 226 Å². The molecule has 2 aromatic rings. The number of imide groups is 1. The lowest BCUT2D eigenvalue weighted by molar-refractivity contribution is -0.704. The molecule has 1 aliphatic heterocycles. The van der Waals surface area contributed by atoms with Gasteiger partial charge in [-0.3, -0.25) is 28.9 Å². The highest BCUT2D eigenvalue weighted by molar-refractivity contribution is 6.01. The molecule has 3 rings (SSSR count). The number of nitrogens with one attached hydrogen (secondary N) is 3. The highest BCUT2D eigenvalue weighted by atomic mass is 16.2. The predicted octanol–water partition coefficient (Wildman–Crippen LogP) is -0.395. The van der Waals surface area contributed by atoms with Crippen LogP contribution in [-0.4, -0.2) is 66.4 Å². The lowest BCUT2D eigenvalue weighted by Gasteiger charge is -2.13. The molecule has 5 amide bonds. The van der Waals surface area contributed by atoms with Crippen molar-refractivity contribution in [3.63, 3.8) is 0 Å². The van der Waals surface area contributed by atoms with E-state index in [1.165, 1.54) is 4.90 Å². The summed E-state index contributed by atoms with van der Waals surface area (Å²) in [4.78, 5) is 72.6. The Hall–Kier alpha value is -4.41. The molecule has 1 fully saturated rings. The Morgan fingerprint density at radius 3 is 2.28 bits per heavy atom. The number of aromatic nitrogens is 1. The number of aryl methyl sites for hydroxylation is 1. The number of hydrogen-bond donors (Lipinski definition) is 3. The summed E-state index contributed by atoms with van der Waals surface area (Å²) in [6.45, 7) is 0.307. The van der Waals surface area contributed by atoms with Crippen molar-refractivity contribution in [2.75, 3.05) is 19.6 Å². The summed E-state index contributed by atoms with van der Waals surface area (Å²) in [6, 6.07) is 14.2. The number of amides is 5. The number of aldehydes is 1. The van der Waals surface area contributed by atoms with E-state index in [0.29, 0.717) is 38.6 Å². The zero-order valence-corrected chi connectivity index (χ0v) is 21.8. The monoisotopic (exact) mass is 536 g/mol. The third-order valence-corrected chi connectivity index (χ3v) is 6.29. The lowest BCUT2D eigenvalue weighted by atomic mass is 10.1. The highest BCUT2D eigenvalue weighted by Crippen LogP contribution is 2.12. The molecule has 0 aliphatic carbocycles. The minimum absolute atomic E-state index is 0.142. The van der Waals surface area contributed by atoms with Gasteiger partial charge in [0.25, 0.3) is 0 Å². The molecule has 11 heteroatoms. The first kappa shape index (κ1) is 29.2. The third-order valence-electron chi connectivity index (χ3n) is 6.29. The van der Waals surface area contributed by atoms with Gasteiger partial charge in [0.15, 0.2) is 11.9 Å². The summed E-state index contributed by atoms with van der Waals surface area (Å²) in [5.74, 6) is -1.61. The van der Waals surface area contributed by atoms with E-state index in [0.717, 1.165) is 11.3 Å². The molecule has 0 spiro atoms. The second-order valence-electron chi connectivity index (χ2n) is 9.23. The summed E-state index contributed by atoms with van der Waals surface area (Å²) in [5.41, 5.74) is 1.85. The van der Waals surface area contributed by atoms with Gasteiger partial charge in [-0.25, -0.2) is 4.57 Å². The molecule has 1 aromatic heterocycles. The number of likely N-dealkylation sites (tertiary alicyclic amines) is 1. The van der Waals surface area contributed by atoms with E-state index in [-0.39, 0.29) is 50.1 Å². The molecule has 11 nitrogen and oxygen atoms in total. The molecule has 3 N–H and O–H groups in total. The van der Waals surface area contributed by atoms with Crippen molar-refractivity contribution in [1.29, 1.82) is 0 Å². The van der Waals surface area contributed by atoms with E-state index in [9.17, 15) is 28.8 Å². The fourth-order valence-electron chi connectivity index (χ4n) is 4.23. The van der Waals surface area contributed by atoms with Gasteiger partial charge in [0.05, 0.1) is 25.6 Å². The molecule has 1 aliphatic rings. The van der Waals surface area contributed by atoms with Crippen LogP contribution < -0.4 is 20.5 Å². The zero-order chi connectivity index (χ0) is 28.0. The fraction of sp³-hybridized carbons (Fsp3) is 0.393. The molecule has 1 aromatic carbocycles. The van der Waals surface area contributed by atoms with Crippen molar-refractivity contribution in [3.05, 3.63) is 66.0 Å². The van der Waals surface area contributed by atoms with Gasteiger partial charge in [-0.05, 0) is 12.0 Å². The first-order valence-electron chi connectivity index (χ1n) is 13.0. The number of benzene rings is 1. The van der Waals surface area contributed by atoms with Crippen molar-refractivity contribution in [2.45, 2.75) is 51.1 Å². The quantitative estimate of drug-likeness (QED) is 0.161. The zero-order valence-electron chi connectivity index (χ0n) is 21.8. The second-order valence-corrected chi connectivity index (χ2v) is 9.23. The molecule has 1 saturated heterocycles. The molecular formula is C28H34N5O6+. The largest absolute Gasteiger partial charge is 0.347 e. The van der Waals surface area contributed by atoms with Crippen LogP contribution in [0.15, 0.2) is 54.7 Å². The van der Waals surface area contributed by atoms with Gasteiger partial charge in [0.1, 0.15) is 12.8 Å². The van der Waals surface area contributed by atoms with Crippen molar-refractivity contribution < 1.29 is 33.3 Å². The molecule has 2 heterocycles. The maximum atomic E-state index is 12.2. The van der Waals surface area contributed by atoms with Crippen LogP contribution in [0.2, 0.25) is 0 Å². The Morgan fingerprint density at radius 1 is 0.897 bits per heavy atom. The third kappa shape index (κ3) is 9.76. The van der Waals surface area contributed by atoms with Gasteiger partial charge < -0.3 is 20.7 Å². The molecular weight excluding hydrogens is 502 g/mol. The number of nitrogens with zero attached hydrogens (tertiary/aromatic N) is 2. The molecule has 39 heavy (non-hydrogen) atoms. The smallest absolute Gasteiger partial charge is 0.239 e. The number of hydrogen-bond acceptors (Lipinski definition) is 6. The predicted molar refractivity (Wildman–Crippen MR) is 140 cm³/mol. The highest BCUT2D eigenvalue weighted by Gasteiger charge is 2.29. The minimum Gasteiger partial charge on any atom is -0.347 e. The Morgan fingerprint density at radius 2 is 1.56 bits per heavy atom. The summed E-state index contributed by atoms with van der Waals surface area (Å²) in [7, 11) is 0. The SMILES string of the molecule is O=CC(Cc1ccccc1)NC(=O)CNC(=O)CNC(=O)CCC[n+]1ccccc1CCN1C(=O)CCC1=O. The van der Waals surface area contributed by atoms with Gasteiger partial charge in [-0.15, -0.1) is 0 Å². The first-order chi connectivity index (χ1) is 18.9. The molecule has 206 valence electrons. The summed E-state index contributed by atoms with van der Waals surface area (Å²) >= 11 is 0. The van der Waals surface area contributed by atoms with Crippen LogP contribution in [0.4, 0.5) is 0 Å². The van der Waals surface area contributed by atoms with Crippen LogP contribution in [0.1, 0.15) is 36.9 Å². The van der Waals surface area contributed by atoms with Crippen molar-refractivity contribution in [3.8, 4) is 0 Å². The minimum atomic E-state index is -0.704. The van der Waals surface area contributed by atoms with Gasteiger partial charge in [-0.2, -0.15) is 0 Å². The summed E-state index contributed by atoms with van der Waals surface area (Å²) < 4.78 is 1.98. The average molecular weight is 537 g/mol. The maximum Gasteiger partial charge on any atom is 0.239 e. The van der Waals surface area contributed by atoms with Gasteiger partial charge in [-0.1, -0.05) is 36.4 Å². The maximum absolute atomic E-state index is 12.2. The summed E-state index contributed by atoms with van der Waals surface area (Å²) in [5, 5.41) is 7.53. The molecule has 0 bridgehead atoms. The summed E-state index contributed by atoms with van der Waals surface area (Å²) in [6.07, 6.45) is 4.66. The molecule has 0 radical (unpaired) electrons. The van der Waals surface area contributed by atoms with E-state index in [4.69, 9.17) is 0 Å². The lowest BCUT2D eigenvalue weighted by Crippen LogP contribution is -2.45. The Balaban J connectivity index is 1.32. The second kappa shape index (κ2) is 15.1. The topological polar surface area (TPSA) is 146 Å². The number of pyridine rings is 1. The van der Waals surface area contributed by atoms with Gasteiger partial charge >= 0.3 is 0 Å². The van der Waals surface area contributed by atoms with Gasteiger partial charge in [0, 0.05) is 44.4 Å². The first-order valence-corrected chi connectivity index (χ1v) is 13.0. The van der Waals surface area contributed by atoms with Crippen LogP contribution in [-0.2, 0) is 48.2 Å². The molecule has 1 unspecified atom stereocenters. The van der Waals surface area contributed by atoms with E-state index < -0.39 is 17.9 Å². The van der Waals surface area contributed by atoms with Crippen LogP contribution in [0.5, 0.6) is 0 Å². The van der Waals surface area contributed by atoms with E-state index in [2.05, 4.69) is 16.0 Å². The molecule has 1 atom stereocenters. The van der Waals surface area contributed by atoms with E-state index in [1.807, 2.05) is 59.3 Å². The van der Waals surface area contributed by atoms with E-state index >= 15 is 0 Å².